The number of nitrogens with zero attached hydrogens (tertiary/aromatic N) is 1. The molecule has 1 N–H and O–H groups in total. The first kappa shape index (κ1) is 12.3. The van der Waals surface area contributed by atoms with Gasteiger partial charge in [0.25, 0.3) is 0 Å². The Hall–Kier alpha value is -0.740. The van der Waals surface area contributed by atoms with E-state index in [9.17, 15) is 0 Å². The highest BCUT2D eigenvalue weighted by molar-refractivity contribution is 7.98. The van der Waals surface area contributed by atoms with E-state index in [4.69, 9.17) is 9.84 Å². The summed E-state index contributed by atoms with van der Waals surface area (Å²) in [6.07, 6.45) is 3.09. The van der Waals surface area contributed by atoms with E-state index >= 15 is 0 Å². The highest BCUT2D eigenvalue weighted by atomic mass is 32.2. The fourth-order valence-electron chi connectivity index (χ4n) is 1.23. The van der Waals surface area contributed by atoms with Gasteiger partial charge in [0.1, 0.15) is 11.4 Å². The molecule has 0 fully saturated rings. The van der Waals surface area contributed by atoms with Crippen molar-refractivity contribution in [3.63, 3.8) is 0 Å². The van der Waals surface area contributed by atoms with Gasteiger partial charge in [0, 0.05) is 5.69 Å². The number of ether oxygens (including phenoxy) is 1. The third-order valence-electron chi connectivity index (χ3n) is 1.97. The van der Waals surface area contributed by atoms with E-state index < -0.39 is 0 Å². The summed E-state index contributed by atoms with van der Waals surface area (Å²) in [6.45, 7) is 2.51. The average Bonchev–Trinajstić information content (AvgIpc) is 2.26. The first-order valence-electron chi connectivity index (χ1n) is 4.97. The lowest BCUT2D eigenvalue weighted by Crippen LogP contribution is -2.03. The van der Waals surface area contributed by atoms with E-state index in [-0.39, 0.29) is 6.61 Å². The number of aryl methyl sites for hydroxylation is 1. The van der Waals surface area contributed by atoms with Crippen molar-refractivity contribution < 1.29 is 9.84 Å². The van der Waals surface area contributed by atoms with Crippen LogP contribution in [0.5, 0.6) is 5.75 Å². The number of hydrogen-bond acceptors (Lipinski definition) is 4. The molecule has 0 amide bonds. The summed E-state index contributed by atoms with van der Waals surface area (Å²) in [4.78, 5) is 4.21. The van der Waals surface area contributed by atoms with Crippen molar-refractivity contribution in [1.82, 2.24) is 4.98 Å². The second kappa shape index (κ2) is 6.69. The molecule has 0 spiro atoms. The Bertz CT molecular complexity index is 305. The average molecular weight is 227 g/mol. The van der Waals surface area contributed by atoms with Gasteiger partial charge < -0.3 is 9.84 Å². The van der Waals surface area contributed by atoms with Crippen LogP contribution >= 0.6 is 11.8 Å². The molecule has 1 rings (SSSR count). The summed E-state index contributed by atoms with van der Waals surface area (Å²) in [6, 6.07) is 3.76. The Morgan fingerprint density at radius 3 is 2.93 bits per heavy atom. The summed E-state index contributed by atoms with van der Waals surface area (Å²) < 4.78 is 5.55. The zero-order valence-corrected chi connectivity index (χ0v) is 10.0. The second-order valence-electron chi connectivity index (χ2n) is 3.25. The Morgan fingerprint density at radius 2 is 2.27 bits per heavy atom. The predicted octanol–water partition coefficient (Wildman–Crippen LogP) is 2.01. The minimum Gasteiger partial charge on any atom is -0.492 e. The van der Waals surface area contributed by atoms with Crippen molar-refractivity contribution in [2.75, 3.05) is 18.6 Å². The molecule has 0 aliphatic rings. The number of aromatic nitrogens is 1. The monoisotopic (exact) mass is 227 g/mol. The van der Waals surface area contributed by atoms with Gasteiger partial charge in [-0.2, -0.15) is 11.8 Å². The fourth-order valence-corrected chi connectivity index (χ4v) is 1.63. The van der Waals surface area contributed by atoms with Gasteiger partial charge in [-0.05, 0) is 37.5 Å². The SMILES string of the molecule is CSCCCOc1ccc(C)nc1CO. The fraction of sp³-hybridized carbons (Fsp3) is 0.545. The summed E-state index contributed by atoms with van der Waals surface area (Å²) in [5, 5.41) is 9.10. The highest BCUT2D eigenvalue weighted by Gasteiger charge is 2.04. The molecular weight excluding hydrogens is 210 g/mol. The molecule has 1 aromatic rings. The normalized spacial score (nSPS) is 10.3. The standard InChI is InChI=1S/C11H17NO2S/c1-9-4-5-11(10(8-13)12-9)14-6-3-7-15-2/h4-5,13H,3,6-8H2,1-2H3. The van der Waals surface area contributed by atoms with Crippen LogP contribution in [0, 0.1) is 6.92 Å². The van der Waals surface area contributed by atoms with Gasteiger partial charge in [0.05, 0.1) is 13.2 Å². The van der Waals surface area contributed by atoms with Gasteiger partial charge >= 0.3 is 0 Å². The molecular formula is C11H17NO2S. The van der Waals surface area contributed by atoms with Crippen molar-refractivity contribution in [1.29, 1.82) is 0 Å². The van der Waals surface area contributed by atoms with Gasteiger partial charge in [-0.3, -0.25) is 4.98 Å². The van der Waals surface area contributed by atoms with Gasteiger partial charge in [-0.25, -0.2) is 0 Å². The van der Waals surface area contributed by atoms with E-state index in [2.05, 4.69) is 11.2 Å². The Balaban J connectivity index is 2.52. The molecule has 1 aromatic heterocycles. The largest absolute Gasteiger partial charge is 0.492 e. The Morgan fingerprint density at radius 1 is 1.47 bits per heavy atom. The Kier molecular flexibility index (Phi) is 5.50. The number of pyridine rings is 1. The molecule has 0 aromatic carbocycles. The van der Waals surface area contributed by atoms with Crippen LogP contribution in [-0.4, -0.2) is 28.7 Å². The number of aliphatic hydroxyl groups is 1. The molecule has 0 saturated heterocycles. The van der Waals surface area contributed by atoms with Crippen LogP contribution in [0.4, 0.5) is 0 Å². The summed E-state index contributed by atoms with van der Waals surface area (Å²) in [5.74, 6) is 1.79. The number of rotatable bonds is 6. The summed E-state index contributed by atoms with van der Waals surface area (Å²) in [5.41, 5.74) is 1.52. The lowest BCUT2D eigenvalue weighted by Gasteiger charge is -2.09. The quantitative estimate of drug-likeness (QED) is 0.755. The van der Waals surface area contributed by atoms with Crippen LogP contribution < -0.4 is 4.74 Å². The van der Waals surface area contributed by atoms with Crippen molar-refractivity contribution in [3.8, 4) is 5.75 Å². The number of thioether (sulfide) groups is 1. The molecule has 84 valence electrons. The molecule has 0 atom stereocenters. The first-order valence-corrected chi connectivity index (χ1v) is 6.36. The molecule has 0 radical (unpaired) electrons. The van der Waals surface area contributed by atoms with Gasteiger partial charge in [-0.15, -0.1) is 0 Å². The number of aliphatic hydroxyl groups excluding tert-OH is 1. The van der Waals surface area contributed by atoms with E-state index in [1.54, 1.807) is 11.8 Å². The first-order chi connectivity index (χ1) is 7.27. The summed E-state index contributed by atoms with van der Waals surface area (Å²) >= 11 is 1.80. The third kappa shape index (κ3) is 4.10. The molecule has 15 heavy (non-hydrogen) atoms. The highest BCUT2D eigenvalue weighted by Crippen LogP contribution is 2.17. The lowest BCUT2D eigenvalue weighted by molar-refractivity contribution is 0.257. The molecule has 4 heteroatoms. The maximum Gasteiger partial charge on any atom is 0.143 e. The Labute approximate surface area is 94.9 Å². The molecule has 0 bridgehead atoms. The predicted molar refractivity (Wildman–Crippen MR) is 63.4 cm³/mol. The van der Waals surface area contributed by atoms with Crippen LogP contribution in [0.2, 0.25) is 0 Å². The molecule has 0 saturated carbocycles. The summed E-state index contributed by atoms with van der Waals surface area (Å²) in [7, 11) is 0. The zero-order valence-electron chi connectivity index (χ0n) is 9.19. The van der Waals surface area contributed by atoms with Crippen molar-refractivity contribution in [2.24, 2.45) is 0 Å². The molecule has 0 aliphatic heterocycles. The van der Waals surface area contributed by atoms with Crippen LogP contribution in [0.25, 0.3) is 0 Å². The van der Waals surface area contributed by atoms with Gasteiger partial charge in [0.15, 0.2) is 0 Å². The van der Waals surface area contributed by atoms with E-state index in [0.29, 0.717) is 18.1 Å². The van der Waals surface area contributed by atoms with E-state index in [1.807, 2.05) is 19.1 Å². The third-order valence-corrected chi connectivity index (χ3v) is 2.67. The maximum absolute atomic E-state index is 9.10. The zero-order chi connectivity index (χ0) is 11.1. The van der Waals surface area contributed by atoms with Crippen molar-refractivity contribution in [3.05, 3.63) is 23.5 Å². The minimum absolute atomic E-state index is 0.0699. The lowest BCUT2D eigenvalue weighted by atomic mass is 10.3. The molecule has 0 aliphatic carbocycles. The molecule has 3 nitrogen and oxygen atoms in total. The van der Waals surface area contributed by atoms with Crippen LogP contribution in [0.1, 0.15) is 17.8 Å². The van der Waals surface area contributed by atoms with Crippen LogP contribution in [0.15, 0.2) is 12.1 Å². The van der Waals surface area contributed by atoms with E-state index in [0.717, 1.165) is 17.9 Å². The van der Waals surface area contributed by atoms with Crippen molar-refractivity contribution >= 4 is 11.8 Å². The molecule has 1 heterocycles. The molecule has 0 unspecified atom stereocenters. The van der Waals surface area contributed by atoms with Gasteiger partial charge in [-0.1, -0.05) is 0 Å². The number of hydrogen-bond donors (Lipinski definition) is 1. The second-order valence-corrected chi connectivity index (χ2v) is 4.24. The minimum atomic E-state index is -0.0699. The van der Waals surface area contributed by atoms with E-state index in [1.165, 1.54) is 0 Å². The van der Waals surface area contributed by atoms with Gasteiger partial charge in [0.2, 0.25) is 0 Å². The smallest absolute Gasteiger partial charge is 0.143 e. The van der Waals surface area contributed by atoms with Crippen molar-refractivity contribution in [2.45, 2.75) is 20.0 Å². The maximum atomic E-state index is 9.10. The van der Waals surface area contributed by atoms with Crippen LogP contribution in [0.3, 0.4) is 0 Å². The topological polar surface area (TPSA) is 42.4 Å². The van der Waals surface area contributed by atoms with Crippen LogP contribution in [-0.2, 0) is 6.61 Å².